The van der Waals surface area contributed by atoms with Crippen molar-refractivity contribution < 1.29 is 4.42 Å². The zero-order chi connectivity index (χ0) is 9.97. The Morgan fingerprint density at radius 1 is 1.43 bits per heavy atom. The summed E-state index contributed by atoms with van der Waals surface area (Å²) in [5.74, 6) is 0.864. The topological polar surface area (TPSA) is 57.0 Å². The van der Waals surface area contributed by atoms with Crippen LogP contribution in [0.1, 0.15) is 11.5 Å². The van der Waals surface area contributed by atoms with Crippen LogP contribution in [-0.2, 0) is 13.1 Å². The summed E-state index contributed by atoms with van der Waals surface area (Å²) in [4.78, 5) is 0. The van der Waals surface area contributed by atoms with E-state index < -0.39 is 0 Å². The minimum atomic E-state index is 0.467. The van der Waals surface area contributed by atoms with Gasteiger partial charge in [-0.3, -0.25) is 4.68 Å². The summed E-state index contributed by atoms with van der Waals surface area (Å²) in [5, 5.41) is 4.25. The van der Waals surface area contributed by atoms with Crippen LogP contribution in [0.4, 0.5) is 0 Å². The van der Waals surface area contributed by atoms with E-state index in [1.54, 1.807) is 4.68 Å². The van der Waals surface area contributed by atoms with Crippen molar-refractivity contribution >= 4 is 15.9 Å². The van der Waals surface area contributed by atoms with E-state index in [9.17, 15) is 0 Å². The van der Waals surface area contributed by atoms with Crippen LogP contribution in [0, 0.1) is 0 Å². The summed E-state index contributed by atoms with van der Waals surface area (Å²) in [7, 11) is 0. The molecule has 0 aliphatic rings. The molecule has 5 heteroatoms. The minimum absolute atomic E-state index is 0.467. The van der Waals surface area contributed by atoms with Gasteiger partial charge in [0.15, 0.2) is 4.67 Å². The van der Waals surface area contributed by atoms with E-state index in [0.717, 1.165) is 16.1 Å². The number of furan rings is 1. The maximum atomic E-state index is 5.45. The minimum Gasteiger partial charge on any atom is -0.452 e. The Kier molecular flexibility index (Phi) is 2.69. The van der Waals surface area contributed by atoms with Crippen LogP contribution in [0.5, 0.6) is 0 Å². The molecule has 14 heavy (non-hydrogen) atoms. The molecule has 0 spiro atoms. The third-order valence-electron chi connectivity index (χ3n) is 1.85. The predicted molar refractivity (Wildman–Crippen MR) is 55.6 cm³/mol. The lowest BCUT2D eigenvalue weighted by Crippen LogP contribution is -2.02. The summed E-state index contributed by atoms with van der Waals surface area (Å²) < 4.78 is 7.89. The molecule has 2 heterocycles. The van der Waals surface area contributed by atoms with E-state index in [0.29, 0.717) is 13.1 Å². The summed E-state index contributed by atoms with van der Waals surface area (Å²) in [6.45, 7) is 1.10. The number of halogens is 1. The van der Waals surface area contributed by atoms with Crippen molar-refractivity contribution in [3.8, 4) is 0 Å². The van der Waals surface area contributed by atoms with E-state index >= 15 is 0 Å². The lowest BCUT2D eigenvalue weighted by atomic mass is 10.4. The van der Waals surface area contributed by atoms with Gasteiger partial charge in [-0.2, -0.15) is 5.10 Å². The third kappa shape index (κ3) is 2.05. The van der Waals surface area contributed by atoms with E-state index in [1.165, 1.54) is 0 Å². The normalized spacial score (nSPS) is 10.7. The molecule has 2 aromatic heterocycles. The number of aromatic nitrogens is 2. The first-order valence-corrected chi connectivity index (χ1v) is 5.04. The molecule has 0 unspecified atom stereocenters. The van der Waals surface area contributed by atoms with Gasteiger partial charge >= 0.3 is 0 Å². The first-order chi connectivity index (χ1) is 6.78. The van der Waals surface area contributed by atoms with Gasteiger partial charge in [-0.1, -0.05) is 0 Å². The fraction of sp³-hybridized carbons (Fsp3) is 0.222. The Labute approximate surface area is 89.8 Å². The van der Waals surface area contributed by atoms with Gasteiger partial charge in [-0.15, -0.1) is 0 Å². The van der Waals surface area contributed by atoms with E-state index in [2.05, 4.69) is 21.0 Å². The Morgan fingerprint density at radius 3 is 2.86 bits per heavy atom. The second-order valence-electron chi connectivity index (χ2n) is 2.91. The molecule has 0 bridgehead atoms. The van der Waals surface area contributed by atoms with Crippen LogP contribution in [-0.4, -0.2) is 9.78 Å². The van der Waals surface area contributed by atoms with Gasteiger partial charge in [-0.25, -0.2) is 0 Å². The van der Waals surface area contributed by atoms with Crippen LogP contribution < -0.4 is 5.73 Å². The van der Waals surface area contributed by atoms with Crippen molar-refractivity contribution in [1.29, 1.82) is 0 Å². The van der Waals surface area contributed by atoms with Crippen molar-refractivity contribution in [2.75, 3.05) is 0 Å². The zero-order valence-electron chi connectivity index (χ0n) is 7.48. The average Bonchev–Trinajstić information content (AvgIpc) is 2.76. The molecule has 2 aromatic rings. The Hall–Kier alpha value is -1.07. The van der Waals surface area contributed by atoms with Crippen LogP contribution in [0.2, 0.25) is 0 Å². The van der Waals surface area contributed by atoms with Gasteiger partial charge < -0.3 is 10.2 Å². The molecule has 0 aliphatic carbocycles. The molecule has 0 aromatic carbocycles. The lowest BCUT2D eigenvalue weighted by Gasteiger charge is -1.96. The third-order valence-corrected chi connectivity index (χ3v) is 2.28. The van der Waals surface area contributed by atoms with Crippen LogP contribution in [0.25, 0.3) is 0 Å². The Balaban J connectivity index is 2.10. The molecule has 0 amide bonds. The Bertz CT molecular complexity index is 421. The first-order valence-electron chi connectivity index (χ1n) is 4.24. The second-order valence-corrected chi connectivity index (χ2v) is 3.70. The van der Waals surface area contributed by atoms with Crippen molar-refractivity contribution in [2.45, 2.75) is 13.1 Å². The maximum absolute atomic E-state index is 5.45. The average molecular weight is 256 g/mol. The fourth-order valence-electron chi connectivity index (χ4n) is 1.20. The first kappa shape index (κ1) is 9.48. The molecule has 0 radical (unpaired) electrons. The van der Waals surface area contributed by atoms with E-state index in [-0.39, 0.29) is 0 Å². The van der Waals surface area contributed by atoms with Gasteiger partial charge in [0, 0.05) is 12.7 Å². The highest BCUT2D eigenvalue weighted by atomic mass is 79.9. The van der Waals surface area contributed by atoms with Crippen molar-refractivity contribution in [3.63, 3.8) is 0 Å². The molecule has 74 valence electrons. The highest BCUT2D eigenvalue weighted by molar-refractivity contribution is 9.10. The standard InChI is InChI=1S/C9H10BrN3O/c10-9-2-1-8(14-9)6-13-4-3-7(5-11)12-13/h1-4H,5-6,11H2. The molecule has 0 saturated carbocycles. The molecule has 4 nitrogen and oxygen atoms in total. The fourth-order valence-corrected chi connectivity index (χ4v) is 1.54. The van der Waals surface area contributed by atoms with Crippen LogP contribution >= 0.6 is 15.9 Å². The van der Waals surface area contributed by atoms with Gasteiger partial charge in [-0.05, 0) is 34.1 Å². The number of hydrogen-bond acceptors (Lipinski definition) is 3. The smallest absolute Gasteiger partial charge is 0.169 e. The largest absolute Gasteiger partial charge is 0.452 e. The predicted octanol–water partition coefficient (Wildman–Crippen LogP) is 1.75. The van der Waals surface area contributed by atoms with E-state index in [1.807, 2.05) is 24.4 Å². The van der Waals surface area contributed by atoms with Crippen molar-refractivity contribution in [2.24, 2.45) is 5.73 Å². The van der Waals surface area contributed by atoms with Crippen LogP contribution in [0.3, 0.4) is 0 Å². The molecule has 0 saturated heterocycles. The molecular weight excluding hydrogens is 246 g/mol. The van der Waals surface area contributed by atoms with Gasteiger partial charge in [0.05, 0.1) is 12.2 Å². The highest BCUT2D eigenvalue weighted by Crippen LogP contribution is 2.14. The number of rotatable bonds is 3. The maximum Gasteiger partial charge on any atom is 0.169 e. The summed E-state index contributed by atoms with van der Waals surface area (Å²) in [6.07, 6.45) is 1.89. The quantitative estimate of drug-likeness (QED) is 0.910. The van der Waals surface area contributed by atoms with Gasteiger partial charge in [0.2, 0.25) is 0 Å². The number of nitrogens with two attached hydrogens (primary N) is 1. The second kappa shape index (κ2) is 3.98. The summed E-state index contributed by atoms with van der Waals surface area (Å²) in [6, 6.07) is 5.68. The van der Waals surface area contributed by atoms with Gasteiger partial charge in [0.25, 0.3) is 0 Å². The SMILES string of the molecule is NCc1ccn(Cc2ccc(Br)o2)n1. The number of hydrogen-bond donors (Lipinski definition) is 1. The molecule has 0 aliphatic heterocycles. The molecular formula is C9H10BrN3O. The van der Waals surface area contributed by atoms with E-state index in [4.69, 9.17) is 10.2 Å². The molecule has 0 fully saturated rings. The molecule has 2 N–H and O–H groups in total. The van der Waals surface area contributed by atoms with Crippen molar-refractivity contribution in [1.82, 2.24) is 9.78 Å². The highest BCUT2D eigenvalue weighted by Gasteiger charge is 2.02. The van der Waals surface area contributed by atoms with Crippen molar-refractivity contribution in [3.05, 3.63) is 40.5 Å². The zero-order valence-corrected chi connectivity index (χ0v) is 9.07. The number of nitrogens with zero attached hydrogens (tertiary/aromatic N) is 2. The lowest BCUT2D eigenvalue weighted by molar-refractivity contribution is 0.461. The Morgan fingerprint density at radius 2 is 2.29 bits per heavy atom. The monoisotopic (exact) mass is 255 g/mol. The summed E-state index contributed by atoms with van der Waals surface area (Å²) >= 11 is 3.25. The molecule has 2 rings (SSSR count). The van der Waals surface area contributed by atoms with Gasteiger partial charge in [0.1, 0.15) is 5.76 Å². The summed E-state index contributed by atoms with van der Waals surface area (Å²) in [5.41, 5.74) is 6.34. The van der Waals surface area contributed by atoms with Crippen LogP contribution in [0.15, 0.2) is 33.5 Å². The molecule has 0 atom stereocenters.